The van der Waals surface area contributed by atoms with Gasteiger partial charge in [-0.25, -0.2) is 0 Å². The molecule has 0 amide bonds. The molecule has 4 nitrogen and oxygen atoms in total. The van der Waals surface area contributed by atoms with Crippen molar-refractivity contribution in [3.63, 3.8) is 0 Å². The summed E-state index contributed by atoms with van der Waals surface area (Å²) in [4.78, 5) is 0. The normalized spacial score (nSPS) is 38.9. The van der Waals surface area contributed by atoms with Crippen LogP contribution in [-0.2, 0) is 20.8 Å². The van der Waals surface area contributed by atoms with Gasteiger partial charge in [0.2, 0.25) is 0 Å². The number of halogens is 1. The van der Waals surface area contributed by atoms with Crippen molar-refractivity contribution in [2.45, 2.75) is 35.1 Å². The van der Waals surface area contributed by atoms with Crippen LogP contribution in [0, 0.1) is 0 Å². The van der Waals surface area contributed by atoms with Gasteiger partial charge in [-0.05, 0) is 5.56 Å². The number of alkyl halides is 1. The molecular weight excluding hydrogens is 345 g/mol. The third-order valence-electron chi connectivity index (χ3n) is 3.39. The highest BCUT2D eigenvalue weighted by Crippen LogP contribution is 2.33. The van der Waals surface area contributed by atoms with Gasteiger partial charge in [0.1, 0.15) is 12.2 Å². The van der Waals surface area contributed by atoms with Gasteiger partial charge in [0.05, 0.1) is 23.2 Å². The van der Waals surface area contributed by atoms with E-state index in [0.29, 0.717) is 13.2 Å². The molecule has 1 aromatic rings. The van der Waals surface area contributed by atoms with E-state index in [4.69, 9.17) is 19.9 Å². The molecule has 1 aromatic carbocycles. The molecule has 2 aliphatic heterocycles. The first-order valence-corrected chi connectivity index (χ1v) is 7.32. The quantitative estimate of drug-likeness (QED) is 0.654. The Morgan fingerprint density at radius 1 is 1.33 bits per heavy atom. The van der Waals surface area contributed by atoms with E-state index in [-0.39, 0.29) is 28.5 Å². The van der Waals surface area contributed by atoms with Crippen molar-refractivity contribution < 1.29 is 14.2 Å². The second-order valence-electron chi connectivity index (χ2n) is 4.66. The van der Waals surface area contributed by atoms with Crippen LogP contribution >= 0.6 is 22.6 Å². The number of nitrogens with two attached hydrogens (primary N) is 1. The minimum Gasteiger partial charge on any atom is -0.369 e. The van der Waals surface area contributed by atoms with Gasteiger partial charge in [0.15, 0.2) is 6.29 Å². The molecule has 0 aliphatic carbocycles. The van der Waals surface area contributed by atoms with E-state index in [9.17, 15) is 0 Å². The number of hydrogen-bond acceptors (Lipinski definition) is 4. The van der Waals surface area contributed by atoms with Crippen molar-refractivity contribution in [3.05, 3.63) is 35.9 Å². The Bertz CT molecular complexity index is 402. The van der Waals surface area contributed by atoms with Gasteiger partial charge < -0.3 is 19.9 Å². The molecule has 0 aromatic heterocycles. The van der Waals surface area contributed by atoms with Crippen LogP contribution in [-0.4, -0.2) is 35.1 Å². The molecule has 5 atom stereocenters. The van der Waals surface area contributed by atoms with Crippen LogP contribution in [0.3, 0.4) is 0 Å². The number of fused-ring (bicyclic) bond motifs is 2. The van der Waals surface area contributed by atoms with Gasteiger partial charge in [-0.1, -0.05) is 52.9 Å². The van der Waals surface area contributed by atoms with Gasteiger partial charge in [0.25, 0.3) is 0 Å². The maximum absolute atomic E-state index is 6.21. The fourth-order valence-corrected chi connectivity index (χ4v) is 3.16. The van der Waals surface area contributed by atoms with Gasteiger partial charge in [-0.15, -0.1) is 0 Å². The van der Waals surface area contributed by atoms with Gasteiger partial charge in [-0.3, -0.25) is 0 Å². The maximum atomic E-state index is 6.21. The summed E-state index contributed by atoms with van der Waals surface area (Å²) in [5, 5.41) is 0. The second-order valence-corrected chi connectivity index (χ2v) is 6.10. The third-order valence-corrected chi connectivity index (χ3v) is 4.81. The first-order chi connectivity index (χ1) is 8.75. The minimum atomic E-state index is -0.165. The first-order valence-electron chi connectivity index (χ1n) is 6.08. The SMILES string of the molecule is N[C@@H]1[C@@H](I)[C@@H]2OC[C@@H](O2)[C@H]1OCc1ccccc1. The molecule has 2 bridgehead atoms. The molecule has 0 spiro atoms. The molecule has 2 heterocycles. The predicted octanol–water partition coefficient (Wildman–Crippen LogP) is 1.46. The topological polar surface area (TPSA) is 53.7 Å². The van der Waals surface area contributed by atoms with E-state index in [1.165, 1.54) is 0 Å². The average molecular weight is 361 g/mol. The van der Waals surface area contributed by atoms with Crippen LogP contribution in [0.4, 0.5) is 0 Å². The Morgan fingerprint density at radius 3 is 2.89 bits per heavy atom. The van der Waals surface area contributed by atoms with Crippen LogP contribution in [0.2, 0.25) is 0 Å². The zero-order valence-electron chi connectivity index (χ0n) is 9.87. The molecular formula is C13H16INO3. The van der Waals surface area contributed by atoms with Crippen LogP contribution in [0.15, 0.2) is 30.3 Å². The standard InChI is InChI=1S/C13H16INO3/c14-10-11(15)12(9-7-17-13(10)18-9)16-6-8-4-2-1-3-5-8/h1-5,9-13H,6-7,15H2/t9-,10-,11-,12-,13-/m1/s1. The highest BCUT2D eigenvalue weighted by Gasteiger charge is 2.48. The summed E-state index contributed by atoms with van der Waals surface area (Å²) in [5.41, 5.74) is 7.36. The lowest BCUT2D eigenvalue weighted by Crippen LogP contribution is -2.56. The van der Waals surface area contributed by atoms with Gasteiger partial charge in [-0.2, -0.15) is 0 Å². The van der Waals surface area contributed by atoms with E-state index in [2.05, 4.69) is 22.6 Å². The summed E-state index contributed by atoms with van der Waals surface area (Å²) in [6.45, 7) is 1.14. The monoisotopic (exact) mass is 361 g/mol. The largest absolute Gasteiger partial charge is 0.369 e. The van der Waals surface area contributed by atoms with Crippen molar-refractivity contribution in [2.24, 2.45) is 5.73 Å². The molecule has 0 saturated carbocycles. The van der Waals surface area contributed by atoms with Gasteiger partial charge >= 0.3 is 0 Å². The van der Waals surface area contributed by atoms with E-state index in [0.717, 1.165) is 5.56 Å². The lowest BCUT2D eigenvalue weighted by Gasteiger charge is -2.36. The summed E-state index contributed by atoms with van der Waals surface area (Å²) in [5.74, 6) is 0. The zero-order chi connectivity index (χ0) is 12.5. The zero-order valence-corrected chi connectivity index (χ0v) is 12.0. The molecule has 98 valence electrons. The molecule has 2 N–H and O–H groups in total. The minimum absolute atomic E-state index is 0.0280. The van der Waals surface area contributed by atoms with E-state index in [1.807, 2.05) is 30.3 Å². The smallest absolute Gasteiger partial charge is 0.171 e. The van der Waals surface area contributed by atoms with Crippen molar-refractivity contribution >= 4 is 22.6 Å². The second kappa shape index (κ2) is 5.42. The Morgan fingerprint density at radius 2 is 2.11 bits per heavy atom. The highest BCUT2D eigenvalue weighted by atomic mass is 127. The van der Waals surface area contributed by atoms with Crippen LogP contribution in [0.5, 0.6) is 0 Å². The fourth-order valence-electron chi connectivity index (χ4n) is 2.38. The predicted molar refractivity (Wildman–Crippen MR) is 75.4 cm³/mol. The lowest BCUT2D eigenvalue weighted by molar-refractivity contribution is -0.139. The van der Waals surface area contributed by atoms with Crippen molar-refractivity contribution in [1.29, 1.82) is 0 Å². The summed E-state index contributed by atoms with van der Waals surface area (Å²) in [6.07, 6.45) is -0.284. The number of ether oxygens (including phenoxy) is 3. The third kappa shape index (κ3) is 2.42. The number of benzene rings is 1. The molecule has 2 fully saturated rings. The van der Waals surface area contributed by atoms with Crippen molar-refractivity contribution in [1.82, 2.24) is 0 Å². The maximum Gasteiger partial charge on any atom is 0.171 e. The Hall–Kier alpha value is -0.210. The number of rotatable bonds is 3. The molecule has 0 unspecified atom stereocenters. The Balaban J connectivity index is 1.65. The molecule has 5 heteroatoms. The van der Waals surface area contributed by atoms with E-state index >= 15 is 0 Å². The van der Waals surface area contributed by atoms with Crippen molar-refractivity contribution in [3.8, 4) is 0 Å². The summed E-state index contributed by atoms with van der Waals surface area (Å²) >= 11 is 2.29. The molecule has 0 radical (unpaired) electrons. The van der Waals surface area contributed by atoms with Gasteiger partial charge in [0, 0.05) is 0 Å². The summed E-state index contributed by atoms with van der Waals surface area (Å²) < 4.78 is 17.4. The molecule has 3 rings (SSSR count). The van der Waals surface area contributed by atoms with Crippen LogP contribution in [0.1, 0.15) is 5.56 Å². The van der Waals surface area contributed by atoms with E-state index < -0.39 is 0 Å². The van der Waals surface area contributed by atoms with Crippen LogP contribution in [0.25, 0.3) is 0 Å². The molecule has 2 saturated heterocycles. The number of hydrogen-bond donors (Lipinski definition) is 1. The molecule has 2 aliphatic rings. The fraction of sp³-hybridized carbons (Fsp3) is 0.538. The van der Waals surface area contributed by atoms with E-state index in [1.54, 1.807) is 0 Å². The first kappa shape index (κ1) is 12.8. The highest BCUT2D eigenvalue weighted by molar-refractivity contribution is 14.1. The average Bonchev–Trinajstić information content (AvgIpc) is 2.84. The summed E-state index contributed by atoms with van der Waals surface area (Å²) in [6, 6.07) is 10.1. The Kier molecular flexibility index (Phi) is 3.86. The lowest BCUT2D eigenvalue weighted by atomic mass is 10.0. The van der Waals surface area contributed by atoms with Crippen molar-refractivity contribution in [2.75, 3.05) is 6.61 Å². The van der Waals surface area contributed by atoms with Crippen LogP contribution < -0.4 is 5.73 Å². The Labute approximate surface area is 120 Å². The molecule has 18 heavy (non-hydrogen) atoms. The summed E-state index contributed by atoms with van der Waals surface area (Å²) in [7, 11) is 0.